The first kappa shape index (κ1) is 25.1. The number of anilines is 1. The van der Waals surface area contributed by atoms with Gasteiger partial charge in [-0.2, -0.15) is 9.97 Å². The molecule has 2 aromatic rings. The minimum Gasteiger partial charge on any atom is -0.461 e. The molecule has 5 heterocycles. The van der Waals surface area contributed by atoms with Crippen LogP contribution in [0.1, 0.15) is 46.5 Å². The van der Waals surface area contributed by atoms with Crippen LogP contribution in [0.2, 0.25) is 5.15 Å². The zero-order chi connectivity index (χ0) is 25.8. The highest BCUT2D eigenvalue weighted by Gasteiger charge is 2.50. The van der Waals surface area contributed by atoms with Gasteiger partial charge >= 0.3 is 12.1 Å². The first-order chi connectivity index (χ1) is 17.0. The van der Waals surface area contributed by atoms with Gasteiger partial charge < -0.3 is 20.1 Å². The Balaban J connectivity index is 1.54. The van der Waals surface area contributed by atoms with Crippen LogP contribution in [-0.4, -0.2) is 76.0 Å². The highest BCUT2D eigenvalue weighted by molar-refractivity contribution is 6.30. The number of carbonyl (C=O) groups excluding carboxylic acids is 1. The molecule has 3 fully saturated rings. The van der Waals surface area contributed by atoms with Crippen molar-refractivity contribution in [2.24, 2.45) is 11.1 Å². The minimum absolute atomic E-state index is 0.0162. The molecule has 0 aromatic carbocycles. The van der Waals surface area contributed by atoms with Gasteiger partial charge in [-0.3, -0.25) is 4.90 Å². The predicted octanol–water partition coefficient (Wildman–Crippen LogP) is 3.86. The van der Waals surface area contributed by atoms with Crippen LogP contribution >= 0.6 is 11.6 Å². The monoisotopic (exact) mass is 524 g/mol. The lowest BCUT2D eigenvalue weighted by molar-refractivity contribution is 0.0753. The van der Waals surface area contributed by atoms with Crippen molar-refractivity contribution in [3.63, 3.8) is 0 Å². The molecule has 0 aliphatic carbocycles. The molecule has 3 saturated heterocycles. The number of aromatic nitrogens is 3. The summed E-state index contributed by atoms with van der Waals surface area (Å²) in [5.41, 5.74) is 4.56. The number of fused-ring (bicyclic) bond motifs is 2. The highest BCUT2D eigenvalue weighted by Crippen LogP contribution is 2.42. The molecule has 1 amide bonds. The number of primary amides is 1. The third-order valence-electron chi connectivity index (χ3n) is 7.60. The minimum atomic E-state index is -0.899. The fraction of sp³-hybridized carbons (Fsp3) is 0.667. The Morgan fingerprint density at radius 1 is 1.33 bits per heavy atom. The van der Waals surface area contributed by atoms with Crippen LogP contribution in [0.3, 0.4) is 0 Å². The Kier molecular flexibility index (Phi) is 6.35. The van der Waals surface area contributed by atoms with Crippen molar-refractivity contribution in [2.45, 2.75) is 70.3 Å². The Labute approximate surface area is 213 Å². The van der Waals surface area contributed by atoms with Gasteiger partial charge in [-0.05, 0) is 24.8 Å². The molecule has 4 atom stereocenters. The number of nitrogens with zero attached hydrogens (tertiary/aromatic N) is 5. The van der Waals surface area contributed by atoms with Crippen LogP contribution in [0, 0.1) is 11.2 Å². The fourth-order valence-corrected chi connectivity index (χ4v) is 6.37. The smallest absolute Gasteiger partial charge is 0.404 e. The zero-order valence-electron chi connectivity index (χ0n) is 20.6. The predicted molar refractivity (Wildman–Crippen MR) is 131 cm³/mol. The zero-order valence-corrected chi connectivity index (χ0v) is 21.4. The molecule has 2 N–H and O–H groups in total. The Hall–Kier alpha value is -2.53. The second kappa shape index (κ2) is 9.09. The van der Waals surface area contributed by atoms with E-state index in [1.54, 1.807) is 0 Å². The van der Waals surface area contributed by atoms with Crippen molar-refractivity contribution in [1.82, 2.24) is 19.9 Å². The van der Waals surface area contributed by atoms with Gasteiger partial charge in [0.05, 0.1) is 17.0 Å². The molecule has 5 rings (SSSR count). The van der Waals surface area contributed by atoms with Crippen LogP contribution in [0.4, 0.5) is 19.4 Å². The van der Waals surface area contributed by atoms with E-state index < -0.39 is 29.7 Å². The molecule has 9 nitrogen and oxygen atoms in total. The average molecular weight is 525 g/mol. The van der Waals surface area contributed by atoms with E-state index in [-0.39, 0.29) is 34.7 Å². The van der Waals surface area contributed by atoms with Gasteiger partial charge in [-0.25, -0.2) is 18.6 Å². The van der Waals surface area contributed by atoms with Gasteiger partial charge in [-0.15, -0.1) is 0 Å². The molecule has 0 saturated carbocycles. The van der Waals surface area contributed by atoms with Crippen molar-refractivity contribution in [1.29, 1.82) is 0 Å². The molecule has 0 radical (unpaired) electrons. The van der Waals surface area contributed by atoms with Crippen LogP contribution in [0.15, 0.2) is 6.20 Å². The molecule has 196 valence electrons. The summed E-state index contributed by atoms with van der Waals surface area (Å²) < 4.78 is 40.8. The van der Waals surface area contributed by atoms with Crippen molar-refractivity contribution in [3.05, 3.63) is 17.2 Å². The third kappa shape index (κ3) is 4.40. The lowest BCUT2D eigenvalue weighted by Gasteiger charge is -2.38. The van der Waals surface area contributed by atoms with E-state index in [2.05, 4.69) is 19.9 Å². The molecule has 2 aromatic heterocycles. The quantitative estimate of drug-likeness (QED) is 0.588. The standard InChI is InChI=1S/C24H31ClF2N6O3/c1-23(2,3)18-15(36-21(28)34)5-8-33(18)20-14-10-29-19(25)16(27)17(14)30-22(31-20)35-12-24-6-4-7-32(24)11-13(26)9-24/h10,13,15,18H,4-9,11-12H2,1-3H3,(H2,28,34)/t13-,15?,18-,24+/m1/s1. The van der Waals surface area contributed by atoms with Crippen molar-refractivity contribution >= 4 is 34.4 Å². The first-order valence-corrected chi connectivity index (χ1v) is 12.6. The first-order valence-electron chi connectivity index (χ1n) is 12.2. The van der Waals surface area contributed by atoms with E-state index in [9.17, 15) is 9.18 Å². The van der Waals surface area contributed by atoms with Gasteiger partial charge in [0.1, 0.15) is 30.2 Å². The summed E-state index contributed by atoms with van der Waals surface area (Å²) in [6.07, 6.45) is 1.91. The average Bonchev–Trinajstić information content (AvgIpc) is 3.46. The molecule has 3 aliphatic rings. The summed E-state index contributed by atoms with van der Waals surface area (Å²) >= 11 is 5.98. The highest BCUT2D eigenvalue weighted by atomic mass is 35.5. The maximum atomic E-state index is 15.1. The van der Waals surface area contributed by atoms with E-state index in [1.807, 2.05) is 25.7 Å². The Bertz CT molecular complexity index is 1180. The summed E-state index contributed by atoms with van der Waals surface area (Å²) in [4.78, 5) is 28.7. The Morgan fingerprint density at radius 2 is 2.11 bits per heavy atom. The lowest BCUT2D eigenvalue weighted by atomic mass is 9.83. The van der Waals surface area contributed by atoms with Crippen LogP contribution in [0.25, 0.3) is 10.9 Å². The molecule has 1 unspecified atom stereocenters. The van der Waals surface area contributed by atoms with E-state index in [0.29, 0.717) is 37.1 Å². The van der Waals surface area contributed by atoms with E-state index in [0.717, 1.165) is 19.4 Å². The van der Waals surface area contributed by atoms with Crippen LogP contribution in [0.5, 0.6) is 6.01 Å². The summed E-state index contributed by atoms with van der Waals surface area (Å²) in [6.45, 7) is 7.96. The lowest BCUT2D eigenvalue weighted by Crippen LogP contribution is -2.47. The number of rotatable bonds is 5. The number of hydrogen-bond donors (Lipinski definition) is 1. The molecule has 36 heavy (non-hydrogen) atoms. The third-order valence-corrected chi connectivity index (χ3v) is 7.86. The number of alkyl halides is 1. The summed E-state index contributed by atoms with van der Waals surface area (Å²) in [5, 5.41) is 0.0574. The number of hydrogen-bond acceptors (Lipinski definition) is 8. The maximum Gasteiger partial charge on any atom is 0.404 e. The molecular weight excluding hydrogens is 494 g/mol. The van der Waals surface area contributed by atoms with Gasteiger partial charge in [0.2, 0.25) is 0 Å². The van der Waals surface area contributed by atoms with E-state index in [4.69, 9.17) is 26.8 Å². The molecule has 0 spiro atoms. The van der Waals surface area contributed by atoms with Crippen LogP contribution in [-0.2, 0) is 4.74 Å². The van der Waals surface area contributed by atoms with Crippen molar-refractivity contribution in [3.8, 4) is 6.01 Å². The summed E-state index contributed by atoms with van der Waals surface area (Å²) in [7, 11) is 0. The van der Waals surface area contributed by atoms with Gasteiger partial charge in [-0.1, -0.05) is 32.4 Å². The molecule has 0 bridgehead atoms. The Morgan fingerprint density at radius 3 is 2.83 bits per heavy atom. The van der Waals surface area contributed by atoms with Crippen LogP contribution < -0.4 is 15.4 Å². The number of halogens is 3. The normalized spacial score (nSPS) is 28.6. The summed E-state index contributed by atoms with van der Waals surface area (Å²) in [6, 6.07) is -0.324. The largest absolute Gasteiger partial charge is 0.461 e. The van der Waals surface area contributed by atoms with E-state index in [1.165, 1.54) is 6.20 Å². The number of pyridine rings is 1. The second-order valence-electron chi connectivity index (χ2n) is 11.1. The molecular formula is C24H31ClF2N6O3. The SMILES string of the molecule is CC(C)(C)[C@H]1C(OC(N)=O)CCN1c1nc(OC[C@@]23CCCN2C[C@H](F)C3)nc2c(F)c(Cl)ncc12. The second-order valence-corrected chi connectivity index (χ2v) is 11.4. The molecule has 12 heteroatoms. The number of nitrogens with two attached hydrogens (primary N) is 1. The number of amides is 1. The van der Waals surface area contributed by atoms with E-state index >= 15 is 4.39 Å². The van der Waals surface area contributed by atoms with Crippen molar-refractivity contribution < 1.29 is 23.0 Å². The van der Waals surface area contributed by atoms with Gasteiger partial charge in [0.15, 0.2) is 11.0 Å². The number of ether oxygens (including phenoxy) is 2. The van der Waals surface area contributed by atoms with Crippen molar-refractivity contribution in [2.75, 3.05) is 31.1 Å². The fourth-order valence-electron chi connectivity index (χ4n) is 6.23. The van der Waals surface area contributed by atoms with Gasteiger partial charge in [0.25, 0.3) is 0 Å². The summed E-state index contributed by atoms with van der Waals surface area (Å²) in [5.74, 6) is -0.367. The maximum absolute atomic E-state index is 15.1. The molecule has 3 aliphatic heterocycles. The topological polar surface area (TPSA) is 107 Å². The van der Waals surface area contributed by atoms with Gasteiger partial charge in [0, 0.05) is 32.1 Å². The number of carbonyl (C=O) groups is 1.